The number of primary sulfonamides is 1. The maximum Gasteiger partial charge on any atom is 0.240 e. The van der Waals surface area contributed by atoms with Crippen molar-refractivity contribution in [1.82, 2.24) is 0 Å². The normalized spacial score (nSPS) is 12.0. The molecule has 0 aliphatic carbocycles. The highest BCUT2D eigenvalue weighted by Gasteiger charge is 2.20. The Morgan fingerprint density at radius 3 is 2.33 bits per heavy atom. The fourth-order valence-electron chi connectivity index (χ4n) is 1.89. The zero-order valence-electron chi connectivity index (χ0n) is 12.0. The van der Waals surface area contributed by atoms with E-state index in [0.717, 1.165) is 24.4 Å². The van der Waals surface area contributed by atoms with Crippen LogP contribution in [0.5, 0.6) is 0 Å². The summed E-state index contributed by atoms with van der Waals surface area (Å²) < 4.78 is 73.5. The molecule has 0 fully saturated rings. The first-order valence-corrected chi connectivity index (χ1v) is 9.06. The summed E-state index contributed by atoms with van der Waals surface area (Å²) in [7, 11) is -7.69. The standard InChI is InChI=1S/C14H12F2N2O4S2/c15-11-5-6-14(24(17,21)22)13(9-11)18(23(19)20)8-7-10-3-1-2-4-12(10)16/h1-9,23H,(H2,17,21,22). The molecule has 0 unspecified atom stereocenters. The molecule has 10 heteroatoms. The molecule has 2 N–H and O–H groups in total. The molecule has 0 atom stereocenters. The van der Waals surface area contributed by atoms with Gasteiger partial charge >= 0.3 is 0 Å². The Hall–Kier alpha value is -2.30. The average Bonchev–Trinajstić information content (AvgIpc) is 2.47. The highest BCUT2D eigenvalue weighted by Crippen LogP contribution is 2.26. The summed E-state index contributed by atoms with van der Waals surface area (Å²) in [6, 6.07) is 7.92. The van der Waals surface area contributed by atoms with Crippen molar-refractivity contribution in [2.45, 2.75) is 4.90 Å². The molecule has 0 saturated heterocycles. The molecule has 0 saturated carbocycles. The largest absolute Gasteiger partial charge is 0.246 e. The first-order valence-electron chi connectivity index (χ1n) is 6.39. The maximum atomic E-state index is 13.6. The number of rotatable bonds is 5. The fourth-order valence-corrected chi connectivity index (χ4v) is 3.19. The Kier molecular flexibility index (Phi) is 5.32. The SMILES string of the molecule is NS(=O)(=O)c1ccc(F)cc1N(C=Cc1ccccc1F)[SH](=O)=O. The van der Waals surface area contributed by atoms with E-state index in [2.05, 4.69) is 0 Å². The van der Waals surface area contributed by atoms with Crippen molar-refractivity contribution in [3.8, 4) is 0 Å². The fraction of sp³-hybridized carbons (Fsp3) is 0. The molecule has 0 aliphatic rings. The Labute approximate surface area is 139 Å². The molecule has 0 radical (unpaired) electrons. The first kappa shape index (κ1) is 18.0. The van der Waals surface area contributed by atoms with E-state index in [9.17, 15) is 25.6 Å². The van der Waals surface area contributed by atoms with Crippen LogP contribution in [0.15, 0.2) is 53.6 Å². The van der Waals surface area contributed by atoms with Crippen molar-refractivity contribution < 1.29 is 25.6 Å². The van der Waals surface area contributed by atoms with Gasteiger partial charge in [0.15, 0.2) is 0 Å². The predicted octanol–water partition coefficient (Wildman–Crippen LogP) is 1.62. The maximum absolute atomic E-state index is 13.6. The molecule has 0 amide bonds. The van der Waals surface area contributed by atoms with Gasteiger partial charge in [-0.1, -0.05) is 18.2 Å². The van der Waals surface area contributed by atoms with Crippen LogP contribution in [0.3, 0.4) is 0 Å². The van der Waals surface area contributed by atoms with Crippen LogP contribution >= 0.6 is 0 Å². The molecule has 2 rings (SSSR count). The summed E-state index contributed by atoms with van der Waals surface area (Å²) in [5.41, 5.74) is -0.436. The monoisotopic (exact) mass is 374 g/mol. The molecular weight excluding hydrogens is 362 g/mol. The molecule has 128 valence electrons. The van der Waals surface area contributed by atoms with Crippen LogP contribution in [-0.4, -0.2) is 16.8 Å². The lowest BCUT2D eigenvalue weighted by Gasteiger charge is -2.16. The van der Waals surface area contributed by atoms with Gasteiger partial charge in [0.25, 0.3) is 0 Å². The van der Waals surface area contributed by atoms with Crippen LogP contribution in [0.2, 0.25) is 0 Å². The van der Waals surface area contributed by atoms with Gasteiger partial charge in [0.2, 0.25) is 20.9 Å². The molecule has 2 aromatic rings. The number of hydrogen-bond acceptors (Lipinski definition) is 4. The number of anilines is 1. The van der Waals surface area contributed by atoms with Gasteiger partial charge in [-0.25, -0.2) is 35.1 Å². The third-order valence-electron chi connectivity index (χ3n) is 2.95. The Balaban J connectivity index is 2.58. The van der Waals surface area contributed by atoms with Gasteiger partial charge in [-0.15, -0.1) is 0 Å². The summed E-state index contributed by atoms with van der Waals surface area (Å²) in [4.78, 5) is -0.582. The van der Waals surface area contributed by atoms with E-state index in [-0.39, 0.29) is 5.56 Å². The Morgan fingerprint density at radius 1 is 1.08 bits per heavy atom. The second kappa shape index (κ2) is 7.07. The summed E-state index contributed by atoms with van der Waals surface area (Å²) >= 11 is 0. The van der Waals surface area contributed by atoms with Crippen molar-refractivity contribution in [2.24, 2.45) is 5.14 Å². The zero-order chi connectivity index (χ0) is 17.9. The second-order valence-corrected chi connectivity index (χ2v) is 7.01. The minimum absolute atomic E-state index is 0.0629. The van der Waals surface area contributed by atoms with Crippen molar-refractivity contribution in [2.75, 3.05) is 4.31 Å². The minimum atomic E-state index is -4.30. The lowest BCUT2D eigenvalue weighted by atomic mass is 10.2. The average molecular weight is 374 g/mol. The quantitative estimate of drug-likeness (QED) is 0.777. The molecule has 6 nitrogen and oxygen atoms in total. The van der Waals surface area contributed by atoms with E-state index in [0.29, 0.717) is 10.4 Å². The van der Waals surface area contributed by atoms with Gasteiger partial charge in [0, 0.05) is 11.8 Å². The number of nitrogens with zero attached hydrogens (tertiary/aromatic N) is 1. The molecule has 2 aromatic carbocycles. The van der Waals surface area contributed by atoms with Gasteiger partial charge in [-0.3, -0.25) is 0 Å². The van der Waals surface area contributed by atoms with Gasteiger partial charge in [-0.2, -0.15) is 0 Å². The van der Waals surface area contributed by atoms with Crippen molar-refractivity contribution >= 4 is 32.7 Å². The number of halogens is 2. The van der Waals surface area contributed by atoms with Crippen LogP contribution in [0.1, 0.15) is 5.56 Å². The van der Waals surface area contributed by atoms with E-state index < -0.39 is 43.1 Å². The Morgan fingerprint density at radius 2 is 1.75 bits per heavy atom. The lowest BCUT2D eigenvalue weighted by Crippen LogP contribution is -2.20. The van der Waals surface area contributed by atoms with Crippen molar-refractivity contribution in [1.29, 1.82) is 0 Å². The number of nitrogens with two attached hydrogens (primary N) is 1. The first-order chi connectivity index (χ1) is 11.2. The molecule has 0 aliphatic heterocycles. The Bertz CT molecular complexity index is 964. The molecule has 0 spiro atoms. The second-order valence-electron chi connectivity index (χ2n) is 4.58. The third kappa shape index (κ3) is 4.16. The van der Waals surface area contributed by atoms with Crippen molar-refractivity contribution in [3.05, 3.63) is 65.9 Å². The van der Waals surface area contributed by atoms with E-state index in [1.165, 1.54) is 24.3 Å². The molecule has 24 heavy (non-hydrogen) atoms. The van der Waals surface area contributed by atoms with E-state index >= 15 is 0 Å². The molecule has 0 bridgehead atoms. The minimum Gasteiger partial charge on any atom is -0.246 e. The number of benzene rings is 2. The molecule has 0 aromatic heterocycles. The van der Waals surface area contributed by atoms with Crippen LogP contribution < -0.4 is 9.44 Å². The third-order valence-corrected chi connectivity index (χ3v) is 4.61. The number of sulfonamides is 1. The van der Waals surface area contributed by atoms with Gasteiger partial charge < -0.3 is 0 Å². The zero-order valence-corrected chi connectivity index (χ0v) is 13.7. The van der Waals surface area contributed by atoms with Crippen molar-refractivity contribution in [3.63, 3.8) is 0 Å². The van der Waals surface area contributed by atoms with E-state index in [1.807, 2.05) is 0 Å². The van der Waals surface area contributed by atoms with Crippen LogP contribution in [-0.2, 0) is 20.9 Å². The van der Waals surface area contributed by atoms with Crippen LogP contribution in [0.4, 0.5) is 14.5 Å². The lowest BCUT2D eigenvalue weighted by molar-refractivity contribution is 0.596. The van der Waals surface area contributed by atoms with Crippen LogP contribution in [0, 0.1) is 11.6 Å². The summed E-state index contributed by atoms with van der Waals surface area (Å²) in [6.07, 6.45) is 2.02. The highest BCUT2D eigenvalue weighted by atomic mass is 32.2. The van der Waals surface area contributed by atoms with E-state index in [1.54, 1.807) is 0 Å². The molecular formula is C14H12F2N2O4S2. The summed E-state index contributed by atoms with van der Waals surface area (Å²) in [5.74, 6) is -1.47. The summed E-state index contributed by atoms with van der Waals surface area (Å²) in [6.45, 7) is 0. The predicted molar refractivity (Wildman–Crippen MR) is 86.0 cm³/mol. The molecule has 0 heterocycles. The van der Waals surface area contributed by atoms with Gasteiger partial charge in [0.1, 0.15) is 16.5 Å². The van der Waals surface area contributed by atoms with Gasteiger partial charge in [0.05, 0.1) is 5.69 Å². The number of thiol groups is 1. The highest BCUT2D eigenvalue weighted by molar-refractivity contribution is 7.89. The number of hydrogen-bond donors (Lipinski definition) is 2. The van der Waals surface area contributed by atoms with E-state index in [4.69, 9.17) is 5.14 Å². The smallest absolute Gasteiger partial charge is 0.240 e. The van der Waals surface area contributed by atoms with Crippen LogP contribution in [0.25, 0.3) is 6.08 Å². The summed E-state index contributed by atoms with van der Waals surface area (Å²) in [5, 5.41) is 5.02. The van der Waals surface area contributed by atoms with Gasteiger partial charge in [-0.05, 0) is 30.3 Å². The topological polar surface area (TPSA) is 97.5 Å².